The lowest BCUT2D eigenvalue weighted by Gasteiger charge is -2.35. The van der Waals surface area contributed by atoms with Gasteiger partial charge in [-0.3, -0.25) is 19.2 Å². The van der Waals surface area contributed by atoms with E-state index >= 15 is 0 Å². The van der Waals surface area contributed by atoms with Gasteiger partial charge in [0.1, 0.15) is 17.3 Å². The Morgan fingerprint density at radius 1 is 0.553 bits per heavy atom. The Hall–Kier alpha value is -4.68. The fourth-order valence-corrected chi connectivity index (χ4v) is 6.65. The van der Waals surface area contributed by atoms with Crippen LogP contribution in [0.1, 0.15) is 64.6 Å². The van der Waals surface area contributed by atoms with E-state index in [0.717, 1.165) is 0 Å². The molecule has 0 bridgehead atoms. The number of ketones is 4. The summed E-state index contributed by atoms with van der Waals surface area (Å²) in [6.07, 6.45) is -1.26. The van der Waals surface area contributed by atoms with Gasteiger partial charge in [-0.2, -0.15) is 0 Å². The second-order valence-corrected chi connectivity index (χ2v) is 9.91. The molecule has 0 amide bonds. The first kappa shape index (κ1) is 22.5. The van der Waals surface area contributed by atoms with Gasteiger partial charge in [0, 0.05) is 27.8 Å². The number of hydrogen-bond donors (Lipinski definition) is 1. The average molecular weight is 501 g/mol. The fraction of sp³-hybridized carbons (Fsp3) is 0.125. The zero-order valence-corrected chi connectivity index (χ0v) is 20.0. The lowest BCUT2D eigenvalue weighted by atomic mass is 9.59. The van der Waals surface area contributed by atoms with Gasteiger partial charge in [0.2, 0.25) is 17.2 Å². The SMILES string of the molecule is O=C1c2ccccc2C(=O)C12O[C@@H](c1ccccc1)C1(C(=O)c3ccccc3C1=O)[C@H]2c1ccccc1O. The van der Waals surface area contributed by atoms with Crippen LogP contribution >= 0.6 is 0 Å². The minimum Gasteiger partial charge on any atom is -0.508 e. The fourth-order valence-electron chi connectivity index (χ4n) is 6.65. The first-order chi connectivity index (χ1) is 18.4. The monoisotopic (exact) mass is 500 g/mol. The Kier molecular flexibility index (Phi) is 4.54. The molecule has 0 aromatic heterocycles. The maximum atomic E-state index is 14.5. The summed E-state index contributed by atoms with van der Waals surface area (Å²) in [7, 11) is 0. The van der Waals surface area contributed by atoms with Crippen LogP contribution in [0.25, 0.3) is 0 Å². The lowest BCUT2D eigenvalue weighted by molar-refractivity contribution is -0.0211. The van der Waals surface area contributed by atoms with Crippen molar-refractivity contribution in [1.82, 2.24) is 0 Å². The van der Waals surface area contributed by atoms with Crippen LogP contribution in [-0.4, -0.2) is 33.8 Å². The van der Waals surface area contributed by atoms with E-state index in [1.54, 1.807) is 97.1 Å². The molecule has 0 unspecified atom stereocenters. The average Bonchev–Trinajstić information content (AvgIpc) is 3.48. The van der Waals surface area contributed by atoms with Crippen LogP contribution in [0.3, 0.4) is 0 Å². The Bertz CT molecular complexity index is 1630. The quantitative estimate of drug-likeness (QED) is 0.383. The van der Waals surface area contributed by atoms with Gasteiger partial charge < -0.3 is 9.84 Å². The van der Waals surface area contributed by atoms with E-state index < -0.39 is 46.2 Å². The van der Waals surface area contributed by atoms with Crippen molar-refractivity contribution < 1.29 is 29.0 Å². The molecule has 6 nitrogen and oxygen atoms in total. The third-order valence-electron chi connectivity index (χ3n) is 8.19. The molecule has 4 aromatic carbocycles. The van der Waals surface area contributed by atoms with Crippen LogP contribution in [0.5, 0.6) is 5.75 Å². The van der Waals surface area contributed by atoms with Gasteiger partial charge in [-0.1, -0.05) is 97.1 Å². The number of Topliss-reactive ketones (excluding diaryl/α,β-unsaturated/α-hetero) is 4. The molecular formula is C32H20O6. The molecule has 4 aromatic rings. The predicted octanol–water partition coefficient (Wildman–Crippen LogP) is 5.13. The number of para-hydroxylation sites is 1. The van der Waals surface area contributed by atoms with E-state index in [4.69, 9.17) is 4.74 Å². The number of fused-ring (bicyclic) bond motifs is 2. The van der Waals surface area contributed by atoms with Gasteiger partial charge in [0.15, 0.2) is 11.6 Å². The van der Waals surface area contributed by atoms with Gasteiger partial charge in [0.25, 0.3) is 0 Å². The number of hydrogen-bond acceptors (Lipinski definition) is 6. The molecule has 1 N–H and O–H groups in total. The standard InChI is InChI=1S/C32H20O6/c33-24-17-9-8-16-23(24)25-31(26(34)19-12-4-5-13-20(19)27(31)35)30(18-10-2-1-3-11-18)38-32(25)28(36)21-14-6-7-15-22(21)29(32)37/h1-17,25,30,33H/t25-,30+/m1/s1. The van der Waals surface area contributed by atoms with Crippen molar-refractivity contribution in [1.29, 1.82) is 0 Å². The van der Waals surface area contributed by atoms with Crippen LogP contribution in [-0.2, 0) is 4.74 Å². The van der Waals surface area contributed by atoms with Crippen LogP contribution in [0.2, 0.25) is 0 Å². The Balaban J connectivity index is 1.61. The zero-order valence-electron chi connectivity index (χ0n) is 20.0. The van der Waals surface area contributed by atoms with Gasteiger partial charge in [0.05, 0.1) is 5.92 Å². The minimum absolute atomic E-state index is 0.134. The predicted molar refractivity (Wildman–Crippen MR) is 136 cm³/mol. The topological polar surface area (TPSA) is 97.7 Å². The highest BCUT2D eigenvalue weighted by Gasteiger charge is 2.79. The van der Waals surface area contributed by atoms with E-state index in [9.17, 15) is 24.3 Å². The molecule has 1 aliphatic heterocycles. The molecule has 2 spiro atoms. The maximum Gasteiger partial charge on any atom is 0.204 e. The molecule has 1 fully saturated rings. The molecule has 1 heterocycles. The number of aromatic hydroxyl groups is 1. The van der Waals surface area contributed by atoms with Crippen molar-refractivity contribution in [3.63, 3.8) is 0 Å². The summed E-state index contributed by atoms with van der Waals surface area (Å²) in [6.45, 7) is 0. The summed E-state index contributed by atoms with van der Waals surface area (Å²) in [5.41, 5.74) is -2.88. The molecule has 38 heavy (non-hydrogen) atoms. The third-order valence-corrected chi connectivity index (χ3v) is 8.19. The summed E-state index contributed by atoms with van der Waals surface area (Å²) in [4.78, 5) is 57.6. The highest BCUT2D eigenvalue weighted by molar-refractivity contribution is 6.37. The van der Waals surface area contributed by atoms with Crippen molar-refractivity contribution in [3.05, 3.63) is 137 Å². The van der Waals surface area contributed by atoms with E-state index in [2.05, 4.69) is 0 Å². The van der Waals surface area contributed by atoms with Crippen molar-refractivity contribution in [2.24, 2.45) is 5.41 Å². The van der Waals surface area contributed by atoms with Crippen LogP contribution in [0.4, 0.5) is 0 Å². The summed E-state index contributed by atoms with van der Waals surface area (Å²) in [6, 6.07) is 27.8. The van der Waals surface area contributed by atoms with E-state index in [1.807, 2.05) is 0 Å². The van der Waals surface area contributed by atoms with Crippen LogP contribution < -0.4 is 0 Å². The minimum atomic E-state index is -2.23. The number of phenols is 1. The van der Waals surface area contributed by atoms with Crippen LogP contribution in [0.15, 0.2) is 103 Å². The molecular weight excluding hydrogens is 480 g/mol. The second-order valence-electron chi connectivity index (χ2n) is 9.91. The molecule has 3 aliphatic rings. The summed E-state index contributed by atoms with van der Waals surface area (Å²) in [5, 5.41) is 11.1. The highest BCUT2D eigenvalue weighted by Crippen LogP contribution is 2.68. The number of carbonyl (C=O) groups excluding carboxylic acids is 4. The van der Waals surface area contributed by atoms with E-state index in [1.165, 1.54) is 6.07 Å². The molecule has 184 valence electrons. The Morgan fingerprint density at radius 2 is 1.00 bits per heavy atom. The summed E-state index contributed by atoms with van der Waals surface area (Å²) in [5.74, 6) is -3.97. The van der Waals surface area contributed by atoms with Crippen molar-refractivity contribution >= 4 is 23.1 Å². The maximum absolute atomic E-state index is 14.5. The summed E-state index contributed by atoms with van der Waals surface area (Å²) >= 11 is 0. The number of phenolic OH excluding ortho intramolecular Hbond substituents is 1. The van der Waals surface area contributed by atoms with E-state index in [-0.39, 0.29) is 33.6 Å². The zero-order chi connectivity index (χ0) is 26.2. The number of ether oxygens (including phenoxy) is 1. The Labute approximate surface area is 217 Å². The molecule has 2 atom stereocenters. The van der Waals surface area contributed by atoms with Crippen molar-refractivity contribution in [2.75, 3.05) is 0 Å². The van der Waals surface area contributed by atoms with Gasteiger partial charge >= 0.3 is 0 Å². The van der Waals surface area contributed by atoms with Crippen LogP contribution in [0, 0.1) is 5.41 Å². The largest absolute Gasteiger partial charge is 0.508 e. The molecule has 0 saturated carbocycles. The highest BCUT2D eigenvalue weighted by atomic mass is 16.5. The molecule has 2 aliphatic carbocycles. The molecule has 0 radical (unpaired) electrons. The van der Waals surface area contributed by atoms with E-state index in [0.29, 0.717) is 5.56 Å². The van der Waals surface area contributed by atoms with Crippen molar-refractivity contribution in [3.8, 4) is 5.75 Å². The van der Waals surface area contributed by atoms with Gasteiger partial charge in [-0.05, 0) is 11.6 Å². The number of rotatable bonds is 2. The summed E-state index contributed by atoms with van der Waals surface area (Å²) < 4.78 is 6.58. The molecule has 7 rings (SSSR count). The molecule has 1 saturated heterocycles. The smallest absolute Gasteiger partial charge is 0.204 e. The third kappa shape index (κ3) is 2.50. The lowest BCUT2D eigenvalue weighted by Crippen LogP contribution is -2.51. The van der Waals surface area contributed by atoms with Gasteiger partial charge in [-0.15, -0.1) is 0 Å². The van der Waals surface area contributed by atoms with Gasteiger partial charge in [-0.25, -0.2) is 0 Å². The Morgan fingerprint density at radius 3 is 1.53 bits per heavy atom. The first-order valence-electron chi connectivity index (χ1n) is 12.3. The number of carbonyl (C=O) groups is 4. The second kappa shape index (κ2) is 7.66. The first-order valence-corrected chi connectivity index (χ1v) is 12.3. The normalized spacial score (nSPS) is 22.3. The number of benzene rings is 4. The van der Waals surface area contributed by atoms with Crippen molar-refractivity contribution in [2.45, 2.75) is 17.6 Å². The molecule has 6 heteroatoms.